The number of nitrogens with zero attached hydrogens (tertiary/aromatic N) is 4. The summed E-state index contributed by atoms with van der Waals surface area (Å²) in [4.78, 5) is 18.5. The zero-order valence-electron chi connectivity index (χ0n) is 12.0. The minimum atomic E-state index is -4.74. The van der Waals surface area contributed by atoms with E-state index in [1.165, 1.54) is 0 Å². The summed E-state index contributed by atoms with van der Waals surface area (Å²) < 4.78 is 68.3. The fraction of sp³-hybridized carbons (Fsp3) is 0.385. The van der Waals surface area contributed by atoms with Crippen LogP contribution in [0, 0.1) is 0 Å². The predicted octanol–water partition coefficient (Wildman–Crippen LogP) is 2.13. The number of hydrogen-bond acceptors (Lipinski definition) is 5. The summed E-state index contributed by atoms with van der Waals surface area (Å²) >= 11 is 0. The minimum Gasteiger partial charge on any atom is -0.476 e. The predicted molar refractivity (Wildman–Crippen MR) is 70.7 cm³/mol. The van der Waals surface area contributed by atoms with Crippen LogP contribution in [-0.4, -0.2) is 32.8 Å². The van der Waals surface area contributed by atoms with Gasteiger partial charge in [-0.15, -0.1) is 5.10 Å². The maximum atomic E-state index is 12.9. The Morgan fingerprint density at radius 2 is 1.88 bits per heavy atom. The Balaban J connectivity index is 2.23. The second kappa shape index (κ2) is 7.32. The third-order valence-corrected chi connectivity index (χ3v) is 2.77. The second-order valence-corrected chi connectivity index (χ2v) is 4.55. The highest BCUT2D eigenvalue weighted by Crippen LogP contribution is 2.29. The van der Waals surface area contributed by atoms with E-state index in [4.69, 9.17) is 4.74 Å². The molecule has 130 valence electrons. The molecule has 0 spiro atoms. The van der Waals surface area contributed by atoms with Crippen LogP contribution in [0.4, 0.5) is 22.0 Å². The maximum Gasteiger partial charge on any atom is 0.435 e. The monoisotopic (exact) mass is 350 g/mol. The smallest absolute Gasteiger partial charge is 0.435 e. The molecule has 0 amide bonds. The van der Waals surface area contributed by atoms with Gasteiger partial charge in [-0.3, -0.25) is 9.78 Å². The van der Waals surface area contributed by atoms with Gasteiger partial charge in [0.15, 0.2) is 5.69 Å². The van der Waals surface area contributed by atoms with Gasteiger partial charge >= 0.3 is 6.18 Å². The van der Waals surface area contributed by atoms with Crippen molar-refractivity contribution in [2.24, 2.45) is 0 Å². The molecule has 24 heavy (non-hydrogen) atoms. The third-order valence-electron chi connectivity index (χ3n) is 2.77. The summed E-state index contributed by atoms with van der Waals surface area (Å²) in [7, 11) is 0. The summed E-state index contributed by atoms with van der Waals surface area (Å²) in [5, 5.41) is 3.69. The van der Waals surface area contributed by atoms with Gasteiger partial charge in [0, 0.05) is 30.9 Å². The zero-order chi connectivity index (χ0) is 17.7. The Hall–Kier alpha value is -2.59. The van der Waals surface area contributed by atoms with E-state index >= 15 is 0 Å². The number of alkyl halides is 5. The van der Waals surface area contributed by atoms with Gasteiger partial charge in [-0.25, -0.2) is 18.4 Å². The Labute approximate surface area is 131 Å². The second-order valence-electron chi connectivity index (χ2n) is 4.55. The van der Waals surface area contributed by atoms with Gasteiger partial charge < -0.3 is 4.74 Å². The first-order valence-corrected chi connectivity index (χ1v) is 6.63. The van der Waals surface area contributed by atoms with Crippen LogP contribution < -0.4 is 10.3 Å². The molecule has 0 saturated heterocycles. The molecular weight excluding hydrogens is 339 g/mol. The molecule has 2 heterocycles. The van der Waals surface area contributed by atoms with Gasteiger partial charge in [0.05, 0.1) is 18.8 Å². The molecule has 0 radical (unpaired) electrons. The molecule has 0 aliphatic rings. The third kappa shape index (κ3) is 4.70. The lowest BCUT2D eigenvalue weighted by Crippen LogP contribution is -2.25. The minimum absolute atomic E-state index is 0.160. The fourth-order valence-electron chi connectivity index (χ4n) is 1.73. The molecule has 0 unspecified atom stereocenters. The number of hydrogen-bond donors (Lipinski definition) is 0. The van der Waals surface area contributed by atoms with Crippen LogP contribution in [0.2, 0.25) is 0 Å². The Morgan fingerprint density at radius 1 is 1.17 bits per heavy atom. The molecule has 0 atom stereocenters. The lowest BCUT2D eigenvalue weighted by atomic mass is 10.3. The average molecular weight is 350 g/mol. The topological polar surface area (TPSA) is 69.9 Å². The molecule has 2 rings (SSSR count). The standard InChI is InChI=1S/C13H11F5N4O2/c14-9(15)3-6-24-10-1-2-11(23)22(21-10)7-8-12(13(16,17)18)20-5-4-19-8/h1-2,4-5,9H,3,6-7H2. The van der Waals surface area contributed by atoms with E-state index in [2.05, 4.69) is 15.1 Å². The molecule has 0 aliphatic heterocycles. The maximum absolute atomic E-state index is 12.9. The Bertz CT molecular complexity index is 748. The van der Waals surface area contributed by atoms with E-state index in [1.807, 2.05) is 0 Å². The van der Waals surface area contributed by atoms with Crippen molar-refractivity contribution in [3.8, 4) is 5.88 Å². The summed E-state index contributed by atoms with van der Waals surface area (Å²) in [5.74, 6) is -0.160. The zero-order valence-corrected chi connectivity index (χ0v) is 12.0. The van der Waals surface area contributed by atoms with Crippen molar-refractivity contribution in [2.75, 3.05) is 6.61 Å². The van der Waals surface area contributed by atoms with Crippen LogP contribution >= 0.6 is 0 Å². The van der Waals surface area contributed by atoms with Gasteiger partial charge in [0.2, 0.25) is 12.3 Å². The highest BCUT2D eigenvalue weighted by molar-refractivity contribution is 5.15. The van der Waals surface area contributed by atoms with E-state index in [0.29, 0.717) is 4.68 Å². The molecule has 0 fully saturated rings. The molecule has 2 aromatic heterocycles. The first-order valence-electron chi connectivity index (χ1n) is 6.63. The van der Waals surface area contributed by atoms with Gasteiger partial charge in [0.25, 0.3) is 5.56 Å². The molecule has 0 N–H and O–H groups in total. The molecule has 0 aliphatic carbocycles. The number of halogens is 5. The molecule has 6 nitrogen and oxygen atoms in total. The van der Waals surface area contributed by atoms with Crippen molar-refractivity contribution in [1.82, 2.24) is 19.7 Å². The number of aromatic nitrogens is 4. The van der Waals surface area contributed by atoms with Crippen molar-refractivity contribution in [1.29, 1.82) is 0 Å². The largest absolute Gasteiger partial charge is 0.476 e. The molecule has 0 aromatic carbocycles. The van der Waals surface area contributed by atoms with Crippen molar-refractivity contribution >= 4 is 0 Å². The van der Waals surface area contributed by atoms with Crippen LogP contribution in [0.25, 0.3) is 0 Å². The number of ether oxygens (including phenoxy) is 1. The van der Waals surface area contributed by atoms with Gasteiger partial charge in [-0.1, -0.05) is 0 Å². The SMILES string of the molecule is O=c1ccc(OCCC(F)F)nn1Cc1nccnc1C(F)(F)F. The van der Waals surface area contributed by atoms with Crippen LogP contribution in [-0.2, 0) is 12.7 Å². The van der Waals surface area contributed by atoms with E-state index in [-0.39, 0.29) is 12.5 Å². The van der Waals surface area contributed by atoms with Gasteiger partial charge in [0.1, 0.15) is 0 Å². The highest BCUT2D eigenvalue weighted by atomic mass is 19.4. The number of rotatable bonds is 6. The lowest BCUT2D eigenvalue weighted by molar-refractivity contribution is -0.142. The van der Waals surface area contributed by atoms with Crippen molar-refractivity contribution in [2.45, 2.75) is 25.6 Å². The van der Waals surface area contributed by atoms with Crippen molar-refractivity contribution < 1.29 is 26.7 Å². The summed E-state index contributed by atoms with van der Waals surface area (Å²) in [6.45, 7) is -0.935. The van der Waals surface area contributed by atoms with Crippen LogP contribution in [0.15, 0.2) is 29.3 Å². The van der Waals surface area contributed by atoms with Crippen LogP contribution in [0.5, 0.6) is 5.88 Å². The normalized spacial score (nSPS) is 11.8. The first kappa shape index (κ1) is 17.8. The highest BCUT2D eigenvalue weighted by Gasteiger charge is 2.36. The lowest BCUT2D eigenvalue weighted by Gasteiger charge is -2.12. The average Bonchev–Trinajstić information content (AvgIpc) is 2.49. The van der Waals surface area contributed by atoms with Crippen molar-refractivity contribution in [3.63, 3.8) is 0 Å². The van der Waals surface area contributed by atoms with Crippen LogP contribution in [0.3, 0.4) is 0 Å². The quantitative estimate of drug-likeness (QED) is 0.747. The summed E-state index contributed by atoms with van der Waals surface area (Å²) in [5.41, 5.74) is -2.43. The Morgan fingerprint density at radius 3 is 2.54 bits per heavy atom. The van der Waals surface area contributed by atoms with E-state index in [0.717, 1.165) is 24.5 Å². The molecule has 0 bridgehead atoms. The van der Waals surface area contributed by atoms with E-state index in [1.54, 1.807) is 0 Å². The Kier molecular flexibility index (Phi) is 5.42. The fourth-order valence-corrected chi connectivity index (χ4v) is 1.73. The first-order chi connectivity index (χ1) is 11.3. The molecule has 11 heteroatoms. The van der Waals surface area contributed by atoms with E-state index < -0.39 is 42.5 Å². The molecule has 0 saturated carbocycles. The van der Waals surface area contributed by atoms with Crippen LogP contribution in [0.1, 0.15) is 17.8 Å². The molecular formula is C13H11F5N4O2. The summed E-state index contributed by atoms with van der Waals surface area (Å²) in [6, 6.07) is 2.15. The molecule has 2 aromatic rings. The van der Waals surface area contributed by atoms with Crippen molar-refractivity contribution in [3.05, 3.63) is 46.3 Å². The summed E-state index contributed by atoms with van der Waals surface area (Å²) in [6.07, 6.45) is -5.91. The van der Waals surface area contributed by atoms with Gasteiger partial charge in [-0.05, 0) is 0 Å². The van der Waals surface area contributed by atoms with E-state index in [9.17, 15) is 26.7 Å². The van der Waals surface area contributed by atoms with Gasteiger partial charge in [-0.2, -0.15) is 13.2 Å².